The fraction of sp³-hybridized carbons (Fsp3) is 0.611. The van der Waals surface area contributed by atoms with Crippen molar-refractivity contribution in [2.24, 2.45) is 5.92 Å². The van der Waals surface area contributed by atoms with E-state index in [-0.39, 0.29) is 36.5 Å². The maximum atomic E-state index is 14.1. The lowest BCUT2D eigenvalue weighted by molar-refractivity contribution is -0.142. The molecule has 1 aromatic rings. The fourth-order valence-corrected chi connectivity index (χ4v) is 3.75. The highest BCUT2D eigenvalue weighted by molar-refractivity contribution is 5.80. The van der Waals surface area contributed by atoms with Crippen molar-refractivity contribution in [2.75, 3.05) is 13.2 Å². The van der Waals surface area contributed by atoms with Gasteiger partial charge in [0, 0.05) is 24.6 Å². The minimum Gasteiger partial charge on any atom is -0.391 e. The Bertz CT molecular complexity index is 610. The van der Waals surface area contributed by atoms with Gasteiger partial charge in [0.2, 0.25) is 5.91 Å². The van der Waals surface area contributed by atoms with Gasteiger partial charge in [0.1, 0.15) is 11.6 Å². The van der Waals surface area contributed by atoms with Gasteiger partial charge in [0.15, 0.2) is 0 Å². The first kappa shape index (κ1) is 17.3. The van der Waals surface area contributed by atoms with Crippen molar-refractivity contribution < 1.29 is 23.4 Å². The molecule has 0 unspecified atom stereocenters. The van der Waals surface area contributed by atoms with Gasteiger partial charge < -0.3 is 14.7 Å². The van der Waals surface area contributed by atoms with Gasteiger partial charge in [0.05, 0.1) is 18.2 Å². The van der Waals surface area contributed by atoms with E-state index in [2.05, 4.69) is 0 Å². The zero-order valence-corrected chi connectivity index (χ0v) is 13.8. The molecule has 0 spiro atoms. The lowest BCUT2D eigenvalue weighted by Gasteiger charge is -2.33. The average Bonchev–Trinajstić information content (AvgIpc) is 2.98. The summed E-state index contributed by atoms with van der Waals surface area (Å²) in [6.07, 6.45) is 1.68. The smallest absolute Gasteiger partial charge is 0.226 e. The van der Waals surface area contributed by atoms with Crippen molar-refractivity contribution in [3.05, 3.63) is 35.4 Å². The van der Waals surface area contributed by atoms with Gasteiger partial charge in [-0.25, -0.2) is 8.78 Å². The summed E-state index contributed by atoms with van der Waals surface area (Å²) in [5, 5.41) is 10.0. The topological polar surface area (TPSA) is 49.8 Å². The van der Waals surface area contributed by atoms with E-state index in [4.69, 9.17) is 4.74 Å². The van der Waals surface area contributed by atoms with Crippen LogP contribution in [0.15, 0.2) is 18.2 Å². The lowest BCUT2D eigenvalue weighted by atomic mass is 9.92. The summed E-state index contributed by atoms with van der Waals surface area (Å²) in [5.41, 5.74) is 0.138. The van der Waals surface area contributed by atoms with E-state index in [9.17, 15) is 18.7 Å². The summed E-state index contributed by atoms with van der Waals surface area (Å²) in [5.74, 6) is -1.38. The molecule has 24 heavy (non-hydrogen) atoms. The first-order valence-electron chi connectivity index (χ1n) is 8.54. The molecule has 132 valence electrons. The van der Waals surface area contributed by atoms with Gasteiger partial charge in [-0.2, -0.15) is 0 Å². The summed E-state index contributed by atoms with van der Waals surface area (Å²) in [4.78, 5) is 14.4. The van der Waals surface area contributed by atoms with Crippen LogP contribution in [0.1, 0.15) is 44.2 Å². The van der Waals surface area contributed by atoms with Crippen molar-refractivity contribution in [1.82, 2.24) is 4.90 Å². The van der Waals surface area contributed by atoms with Crippen LogP contribution in [0.25, 0.3) is 0 Å². The van der Waals surface area contributed by atoms with Gasteiger partial charge in [-0.1, -0.05) is 6.92 Å². The zero-order chi connectivity index (χ0) is 17.3. The molecule has 1 N–H and O–H groups in total. The van der Waals surface area contributed by atoms with E-state index in [0.717, 1.165) is 24.6 Å². The number of benzene rings is 1. The Balaban J connectivity index is 1.82. The number of hydrogen-bond donors (Lipinski definition) is 1. The second-order valence-corrected chi connectivity index (χ2v) is 6.68. The zero-order valence-electron chi connectivity index (χ0n) is 13.8. The predicted molar refractivity (Wildman–Crippen MR) is 84.2 cm³/mol. The molecular formula is C18H23F2NO3. The number of hydrogen-bond acceptors (Lipinski definition) is 3. The lowest BCUT2D eigenvalue weighted by Crippen LogP contribution is -2.40. The number of carbonyl (C=O) groups is 1. The summed E-state index contributed by atoms with van der Waals surface area (Å²) in [6.45, 7) is 2.71. The third-order valence-corrected chi connectivity index (χ3v) is 5.05. The molecular weight excluding hydrogens is 316 g/mol. The van der Waals surface area contributed by atoms with Crippen molar-refractivity contribution in [2.45, 2.75) is 50.9 Å². The Morgan fingerprint density at radius 3 is 2.92 bits per heavy atom. The fourth-order valence-electron chi connectivity index (χ4n) is 3.75. The predicted octanol–water partition coefficient (Wildman–Crippen LogP) is 2.80. The van der Waals surface area contributed by atoms with Crippen LogP contribution < -0.4 is 0 Å². The van der Waals surface area contributed by atoms with Crippen LogP contribution in [-0.2, 0) is 9.53 Å². The maximum Gasteiger partial charge on any atom is 0.226 e. The molecule has 0 aliphatic carbocycles. The number of amides is 1. The Kier molecular flexibility index (Phi) is 5.15. The average molecular weight is 339 g/mol. The van der Waals surface area contributed by atoms with Crippen LogP contribution in [0.3, 0.4) is 0 Å². The van der Waals surface area contributed by atoms with E-state index < -0.39 is 23.8 Å². The first-order valence-corrected chi connectivity index (χ1v) is 8.54. The Hall–Kier alpha value is -1.53. The first-order chi connectivity index (χ1) is 11.5. The molecule has 2 aliphatic rings. The number of β-amino-alcohol motifs (C(OH)–C–C–N with tert-alkyl or cyclic N) is 1. The molecule has 0 aromatic heterocycles. The largest absolute Gasteiger partial charge is 0.391 e. The minimum absolute atomic E-state index is 0.0598. The van der Waals surface area contributed by atoms with Gasteiger partial charge in [-0.05, 0) is 43.9 Å². The molecule has 3 rings (SSSR count). The molecule has 1 aromatic carbocycles. The number of aliphatic hydroxyl groups is 1. The molecule has 0 saturated carbocycles. The monoisotopic (exact) mass is 339 g/mol. The summed E-state index contributed by atoms with van der Waals surface area (Å²) in [7, 11) is 0. The van der Waals surface area contributed by atoms with Gasteiger partial charge in [-0.15, -0.1) is 0 Å². The Morgan fingerprint density at radius 2 is 2.17 bits per heavy atom. The summed E-state index contributed by atoms with van der Waals surface area (Å²) >= 11 is 0. The number of ether oxygens (including phenoxy) is 1. The molecule has 1 amide bonds. The van der Waals surface area contributed by atoms with E-state index in [1.807, 2.05) is 6.92 Å². The van der Waals surface area contributed by atoms with Crippen LogP contribution in [-0.4, -0.2) is 41.3 Å². The molecule has 2 aliphatic heterocycles. The number of carbonyl (C=O) groups excluding carboxylic acids is 1. The Morgan fingerprint density at radius 1 is 1.38 bits per heavy atom. The van der Waals surface area contributed by atoms with E-state index in [0.29, 0.717) is 19.4 Å². The van der Waals surface area contributed by atoms with E-state index in [1.54, 1.807) is 0 Å². The normalized spacial score (nSPS) is 30.6. The van der Waals surface area contributed by atoms with Crippen LogP contribution in [0.2, 0.25) is 0 Å². The second-order valence-electron chi connectivity index (χ2n) is 6.68. The third kappa shape index (κ3) is 3.44. The Labute approximate surface area is 140 Å². The second kappa shape index (κ2) is 7.15. The van der Waals surface area contributed by atoms with Crippen LogP contribution in [0.5, 0.6) is 0 Å². The summed E-state index contributed by atoms with van der Waals surface area (Å²) in [6, 6.07) is 2.63. The molecule has 2 fully saturated rings. The standard InChI is InChI=1S/C18H23F2NO3/c1-2-14-7-11(5-6-24-14)18(23)21-10-13(22)9-17(21)15-8-12(19)3-4-16(15)20/h3-4,8,11,13-14,17,22H,2,5-7,9-10H2,1H3/t11-,13-,14-,17+/m1/s1. The maximum absolute atomic E-state index is 14.1. The number of nitrogens with zero attached hydrogens (tertiary/aromatic N) is 1. The van der Waals surface area contributed by atoms with Crippen molar-refractivity contribution in [3.8, 4) is 0 Å². The number of rotatable bonds is 3. The van der Waals surface area contributed by atoms with Crippen molar-refractivity contribution in [3.63, 3.8) is 0 Å². The van der Waals surface area contributed by atoms with Gasteiger partial charge in [-0.3, -0.25) is 4.79 Å². The quantitative estimate of drug-likeness (QED) is 0.921. The number of aliphatic hydroxyl groups excluding tert-OH is 1. The van der Waals surface area contributed by atoms with Crippen LogP contribution >= 0.6 is 0 Å². The van der Waals surface area contributed by atoms with Crippen molar-refractivity contribution >= 4 is 5.91 Å². The summed E-state index contributed by atoms with van der Waals surface area (Å²) < 4.78 is 33.3. The minimum atomic E-state index is -0.719. The molecule has 2 saturated heterocycles. The molecule has 2 heterocycles. The van der Waals surface area contributed by atoms with Crippen molar-refractivity contribution in [1.29, 1.82) is 0 Å². The van der Waals surface area contributed by atoms with Crippen LogP contribution in [0.4, 0.5) is 8.78 Å². The van der Waals surface area contributed by atoms with E-state index >= 15 is 0 Å². The van der Waals surface area contributed by atoms with E-state index in [1.165, 1.54) is 4.90 Å². The van der Waals surface area contributed by atoms with Crippen LogP contribution in [0, 0.1) is 17.6 Å². The highest BCUT2D eigenvalue weighted by Crippen LogP contribution is 2.36. The highest BCUT2D eigenvalue weighted by atomic mass is 19.1. The molecule has 0 radical (unpaired) electrons. The SMILES string of the molecule is CC[C@@H]1C[C@H](C(=O)N2C[C@H](O)C[C@H]2c2cc(F)ccc2F)CCO1. The third-order valence-electron chi connectivity index (χ3n) is 5.05. The molecule has 4 atom stereocenters. The van der Waals surface area contributed by atoms with Gasteiger partial charge >= 0.3 is 0 Å². The highest BCUT2D eigenvalue weighted by Gasteiger charge is 2.40. The molecule has 6 heteroatoms. The molecule has 0 bridgehead atoms. The molecule has 4 nitrogen and oxygen atoms in total. The number of likely N-dealkylation sites (tertiary alicyclic amines) is 1. The van der Waals surface area contributed by atoms with Gasteiger partial charge in [0.25, 0.3) is 0 Å². The number of halogens is 2.